The Morgan fingerprint density at radius 2 is 1.80 bits per heavy atom. The van der Waals surface area contributed by atoms with Crippen molar-refractivity contribution in [1.29, 1.82) is 0 Å². The molecule has 0 spiro atoms. The second-order valence-electron chi connectivity index (χ2n) is 6.16. The molecule has 0 saturated heterocycles. The summed E-state index contributed by atoms with van der Waals surface area (Å²) in [4.78, 5) is 34.8. The number of benzene rings is 1. The average Bonchev–Trinajstić information content (AvgIpc) is 2.57. The maximum Gasteiger partial charge on any atom is 0.344 e. The van der Waals surface area contributed by atoms with Crippen molar-refractivity contribution in [2.24, 2.45) is 0 Å². The van der Waals surface area contributed by atoms with Gasteiger partial charge in [-0.25, -0.2) is 4.79 Å². The van der Waals surface area contributed by atoms with Crippen LogP contribution in [0.2, 0.25) is 0 Å². The first-order valence-corrected chi connectivity index (χ1v) is 7.97. The van der Waals surface area contributed by atoms with Crippen molar-refractivity contribution in [2.45, 2.75) is 39.7 Å². The summed E-state index contributed by atoms with van der Waals surface area (Å²) in [5.74, 6) is -0.514. The van der Waals surface area contributed by atoms with Crippen LogP contribution in [0, 0.1) is 0 Å². The largest absolute Gasteiger partial charge is 0.493 e. The molecule has 1 N–H and O–H groups in total. The standard InChI is InChI=1S/C18H25NO6/c1-6-18(3,4)19-16(21)10-25-17(22)11-24-14-8-7-13(12(2)20)9-15(14)23-5/h7-9H,6,10-11H2,1-5H3,(H,19,21). The highest BCUT2D eigenvalue weighted by Crippen LogP contribution is 2.28. The molecule has 0 aromatic heterocycles. The van der Waals surface area contributed by atoms with Crippen LogP contribution in [0.25, 0.3) is 0 Å². The molecule has 0 fully saturated rings. The van der Waals surface area contributed by atoms with Gasteiger partial charge in [-0.1, -0.05) is 6.92 Å². The zero-order valence-electron chi connectivity index (χ0n) is 15.3. The number of amides is 1. The molecule has 0 aliphatic rings. The molecule has 0 bridgehead atoms. The van der Waals surface area contributed by atoms with Crippen LogP contribution in [-0.2, 0) is 14.3 Å². The van der Waals surface area contributed by atoms with Gasteiger partial charge in [0.05, 0.1) is 7.11 Å². The number of ketones is 1. The van der Waals surface area contributed by atoms with Crippen LogP contribution in [0.15, 0.2) is 18.2 Å². The molecule has 1 amide bonds. The first kappa shape index (κ1) is 20.5. The zero-order chi connectivity index (χ0) is 19.0. The minimum Gasteiger partial charge on any atom is -0.493 e. The summed E-state index contributed by atoms with van der Waals surface area (Å²) in [7, 11) is 1.43. The number of hydrogen-bond acceptors (Lipinski definition) is 6. The van der Waals surface area contributed by atoms with Crippen molar-refractivity contribution in [3.63, 3.8) is 0 Å². The number of ether oxygens (including phenoxy) is 3. The minimum absolute atomic E-state index is 0.106. The normalized spacial score (nSPS) is 10.8. The van der Waals surface area contributed by atoms with Gasteiger partial charge in [-0.2, -0.15) is 0 Å². The predicted molar refractivity (Wildman–Crippen MR) is 92.0 cm³/mol. The fourth-order valence-electron chi connectivity index (χ4n) is 1.83. The lowest BCUT2D eigenvalue weighted by molar-refractivity contribution is -0.150. The summed E-state index contributed by atoms with van der Waals surface area (Å²) < 4.78 is 15.4. The van der Waals surface area contributed by atoms with Gasteiger partial charge in [0.25, 0.3) is 5.91 Å². The second-order valence-corrected chi connectivity index (χ2v) is 6.16. The van der Waals surface area contributed by atoms with Gasteiger partial charge < -0.3 is 19.5 Å². The Morgan fingerprint density at radius 3 is 2.36 bits per heavy atom. The molecule has 0 aliphatic heterocycles. The Hall–Kier alpha value is -2.57. The van der Waals surface area contributed by atoms with Crippen molar-refractivity contribution in [3.8, 4) is 11.5 Å². The maximum absolute atomic E-state index is 11.7. The van der Waals surface area contributed by atoms with Crippen molar-refractivity contribution in [2.75, 3.05) is 20.3 Å². The third-order valence-electron chi connectivity index (χ3n) is 3.64. The van der Waals surface area contributed by atoms with Crippen molar-refractivity contribution in [3.05, 3.63) is 23.8 Å². The molecular formula is C18H25NO6. The van der Waals surface area contributed by atoms with Gasteiger partial charge in [0.2, 0.25) is 0 Å². The molecule has 0 radical (unpaired) electrons. The molecule has 0 aliphatic carbocycles. The predicted octanol–water partition coefficient (Wildman–Crippen LogP) is 2.12. The van der Waals surface area contributed by atoms with E-state index in [-0.39, 0.29) is 30.4 Å². The minimum atomic E-state index is -0.679. The van der Waals surface area contributed by atoms with Crippen molar-refractivity contribution >= 4 is 17.7 Å². The van der Waals surface area contributed by atoms with Crippen LogP contribution >= 0.6 is 0 Å². The third kappa shape index (κ3) is 6.82. The monoisotopic (exact) mass is 351 g/mol. The van der Waals surface area contributed by atoms with E-state index >= 15 is 0 Å². The Bertz CT molecular complexity index is 638. The van der Waals surface area contributed by atoms with E-state index in [9.17, 15) is 14.4 Å². The molecular weight excluding hydrogens is 326 g/mol. The number of Topliss-reactive ketones (excluding diaryl/α,β-unsaturated/α-hetero) is 1. The first-order valence-electron chi connectivity index (χ1n) is 7.97. The molecule has 7 nitrogen and oxygen atoms in total. The zero-order valence-corrected chi connectivity index (χ0v) is 15.3. The number of hydrogen-bond donors (Lipinski definition) is 1. The van der Waals surface area contributed by atoms with E-state index in [4.69, 9.17) is 14.2 Å². The molecule has 25 heavy (non-hydrogen) atoms. The van der Waals surface area contributed by atoms with Gasteiger partial charge in [0.15, 0.2) is 30.5 Å². The molecule has 0 saturated carbocycles. The summed E-state index contributed by atoms with van der Waals surface area (Å²) in [6.07, 6.45) is 0.756. The first-order chi connectivity index (χ1) is 11.7. The fourth-order valence-corrected chi connectivity index (χ4v) is 1.83. The second kappa shape index (κ2) is 9.05. The van der Waals surface area contributed by atoms with E-state index in [1.165, 1.54) is 20.1 Å². The third-order valence-corrected chi connectivity index (χ3v) is 3.64. The summed E-state index contributed by atoms with van der Waals surface area (Å²) >= 11 is 0. The maximum atomic E-state index is 11.7. The summed E-state index contributed by atoms with van der Waals surface area (Å²) in [6.45, 7) is 6.41. The summed E-state index contributed by atoms with van der Waals surface area (Å²) in [5, 5.41) is 2.76. The lowest BCUT2D eigenvalue weighted by atomic mass is 10.0. The van der Waals surface area contributed by atoms with E-state index in [0.717, 1.165) is 6.42 Å². The van der Waals surface area contributed by atoms with Crippen LogP contribution < -0.4 is 14.8 Å². The Morgan fingerprint density at radius 1 is 1.12 bits per heavy atom. The number of nitrogens with one attached hydrogen (secondary N) is 1. The molecule has 1 aromatic rings. The topological polar surface area (TPSA) is 90.9 Å². The fraction of sp³-hybridized carbons (Fsp3) is 0.500. The molecule has 138 valence electrons. The number of carbonyl (C=O) groups is 3. The Labute approximate surface area is 147 Å². The van der Waals surface area contributed by atoms with Gasteiger partial charge in [-0.15, -0.1) is 0 Å². The van der Waals surface area contributed by atoms with E-state index in [1.54, 1.807) is 12.1 Å². The van der Waals surface area contributed by atoms with E-state index in [2.05, 4.69) is 5.32 Å². The van der Waals surface area contributed by atoms with Crippen LogP contribution in [0.3, 0.4) is 0 Å². The molecule has 0 heterocycles. The molecule has 7 heteroatoms. The highest BCUT2D eigenvalue weighted by Gasteiger charge is 2.19. The number of rotatable bonds is 9. The van der Waals surface area contributed by atoms with Gasteiger partial charge in [0.1, 0.15) is 0 Å². The summed E-state index contributed by atoms with van der Waals surface area (Å²) in [6, 6.07) is 4.65. The molecule has 1 rings (SSSR count). The van der Waals surface area contributed by atoms with Gasteiger partial charge >= 0.3 is 5.97 Å². The van der Waals surface area contributed by atoms with Crippen molar-refractivity contribution < 1.29 is 28.6 Å². The Kier molecular flexibility index (Phi) is 7.42. The lowest BCUT2D eigenvalue weighted by Gasteiger charge is -2.24. The molecule has 1 aromatic carbocycles. The lowest BCUT2D eigenvalue weighted by Crippen LogP contribution is -2.44. The van der Waals surface area contributed by atoms with E-state index < -0.39 is 5.97 Å². The quantitative estimate of drug-likeness (QED) is 0.541. The Balaban J connectivity index is 2.51. The van der Waals surface area contributed by atoms with Gasteiger partial charge in [0, 0.05) is 11.1 Å². The SMILES string of the molecule is CCC(C)(C)NC(=O)COC(=O)COc1ccc(C(C)=O)cc1OC. The van der Waals surface area contributed by atoms with E-state index in [0.29, 0.717) is 17.1 Å². The van der Waals surface area contributed by atoms with Crippen LogP contribution in [0.4, 0.5) is 0 Å². The summed E-state index contributed by atoms with van der Waals surface area (Å²) in [5.41, 5.74) is 0.119. The van der Waals surface area contributed by atoms with Gasteiger partial charge in [-0.3, -0.25) is 9.59 Å². The van der Waals surface area contributed by atoms with Crippen molar-refractivity contribution in [1.82, 2.24) is 5.32 Å². The van der Waals surface area contributed by atoms with Crippen LogP contribution in [-0.4, -0.2) is 43.5 Å². The number of methoxy groups -OCH3 is 1. The molecule has 0 unspecified atom stereocenters. The molecule has 0 atom stereocenters. The highest BCUT2D eigenvalue weighted by atomic mass is 16.6. The number of esters is 1. The number of carbonyl (C=O) groups excluding carboxylic acids is 3. The smallest absolute Gasteiger partial charge is 0.344 e. The van der Waals surface area contributed by atoms with Gasteiger partial charge in [-0.05, 0) is 45.4 Å². The average molecular weight is 351 g/mol. The van der Waals surface area contributed by atoms with Crippen LogP contribution in [0.1, 0.15) is 44.5 Å². The highest BCUT2D eigenvalue weighted by molar-refractivity contribution is 5.94. The van der Waals surface area contributed by atoms with E-state index in [1.807, 2.05) is 20.8 Å². The van der Waals surface area contributed by atoms with Crippen LogP contribution in [0.5, 0.6) is 11.5 Å².